The van der Waals surface area contributed by atoms with E-state index in [0.29, 0.717) is 16.6 Å². The van der Waals surface area contributed by atoms with E-state index in [1.165, 1.54) is 5.56 Å². The van der Waals surface area contributed by atoms with Crippen molar-refractivity contribution in [3.63, 3.8) is 0 Å². The van der Waals surface area contributed by atoms with Crippen molar-refractivity contribution in [2.75, 3.05) is 6.54 Å². The highest BCUT2D eigenvalue weighted by atomic mass is 79.9. The molecule has 100 valence electrons. The van der Waals surface area contributed by atoms with Crippen LogP contribution < -0.4 is 5.73 Å². The van der Waals surface area contributed by atoms with Gasteiger partial charge in [0.25, 0.3) is 0 Å². The van der Waals surface area contributed by atoms with Gasteiger partial charge in [0.1, 0.15) is 0 Å². The Labute approximate surface area is 131 Å². The first-order valence-corrected chi connectivity index (χ1v) is 7.55. The number of benzene rings is 2. The van der Waals surface area contributed by atoms with Crippen molar-refractivity contribution in [3.05, 3.63) is 68.1 Å². The van der Waals surface area contributed by atoms with E-state index in [9.17, 15) is 0 Å². The summed E-state index contributed by atoms with van der Waals surface area (Å²) < 4.78 is 1.05. The quantitative estimate of drug-likeness (QED) is 0.813. The van der Waals surface area contributed by atoms with Gasteiger partial charge in [-0.3, -0.25) is 0 Å². The molecule has 19 heavy (non-hydrogen) atoms. The lowest BCUT2D eigenvalue weighted by Gasteiger charge is -2.17. The number of hydrogen-bond donors (Lipinski definition) is 1. The summed E-state index contributed by atoms with van der Waals surface area (Å²) >= 11 is 15.9. The molecule has 2 N–H and O–H groups in total. The van der Waals surface area contributed by atoms with Crippen molar-refractivity contribution < 1.29 is 0 Å². The third kappa shape index (κ3) is 3.73. The maximum atomic E-state index is 6.21. The molecule has 0 aliphatic carbocycles. The van der Waals surface area contributed by atoms with Gasteiger partial charge in [-0.25, -0.2) is 0 Å². The van der Waals surface area contributed by atoms with Crippen LogP contribution in [0.5, 0.6) is 0 Å². The SMILES string of the molecule is NCC(Cc1c(Cl)cccc1Cl)c1cccc(Br)c1. The highest BCUT2D eigenvalue weighted by molar-refractivity contribution is 9.10. The highest BCUT2D eigenvalue weighted by Gasteiger charge is 2.15. The molecule has 2 aromatic rings. The van der Waals surface area contributed by atoms with Crippen molar-refractivity contribution >= 4 is 39.1 Å². The van der Waals surface area contributed by atoms with E-state index in [1.54, 1.807) is 0 Å². The molecule has 0 aliphatic rings. The standard InChI is InChI=1S/C15H14BrCl2N/c16-12-4-1-3-10(7-12)11(9-19)8-13-14(17)5-2-6-15(13)18/h1-7,11H,8-9,19H2. The molecule has 0 aliphatic heterocycles. The first-order chi connectivity index (χ1) is 9.11. The van der Waals surface area contributed by atoms with Crippen LogP contribution in [0.1, 0.15) is 17.0 Å². The summed E-state index contributed by atoms with van der Waals surface area (Å²) in [6, 6.07) is 13.7. The van der Waals surface area contributed by atoms with E-state index in [1.807, 2.05) is 30.3 Å². The molecule has 0 saturated carbocycles. The van der Waals surface area contributed by atoms with Crippen LogP contribution in [0.25, 0.3) is 0 Å². The molecule has 1 atom stereocenters. The van der Waals surface area contributed by atoms with E-state index >= 15 is 0 Å². The second-order valence-corrected chi connectivity index (χ2v) is 6.12. The fraction of sp³-hybridized carbons (Fsp3) is 0.200. The summed E-state index contributed by atoms with van der Waals surface area (Å²) in [5, 5.41) is 1.39. The smallest absolute Gasteiger partial charge is 0.0453 e. The van der Waals surface area contributed by atoms with Crippen LogP contribution in [0.3, 0.4) is 0 Å². The van der Waals surface area contributed by atoms with E-state index in [0.717, 1.165) is 16.5 Å². The summed E-state index contributed by atoms with van der Waals surface area (Å²) in [7, 11) is 0. The largest absolute Gasteiger partial charge is 0.330 e. The molecule has 1 unspecified atom stereocenters. The Hall–Kier alpha value is -0.540. The molecule has 2 rings (SSSR count). The van der Waals surface area contributed by atoms with Crippen molar-refractivity contribution in [1.82, 2.24) is 0 Å². The predicted molar refractivity (Wildman–Crippen MR) is 86.1 cm³/mol. The van der Waals surface area contributed by atoms with Crippen molar-refractivity contribution in [2.45, 2.75) is 12.3 Å². The van der Waals surface area contributed by atoms with Gasteiger partial charge in [0.15, 0.2) is 0 Å². The zero-order chi connectivity index (χ0) is 13.8. The summed E-state index contributed by atoms with van der Waals surface area (Å²) in [6.45, 7) is 0.554. The molecule has 0 spiro atoms. The van der Waals surface area contributed by atoms with Crippen LogP contribution in [0.4, 0.5) is 0 Å². The van der Waals surface area contributed by atoms with Gasteiger partial charge in [0.2, 0.25) is 0 Å². The van der Waals surface area contributed by atoms with Crippen molar-refractivity contribution in [3.8, 4) is 0 Å². The Morgan fingerprint density at radius 1 is 1.05 bits per heavy atom. The van der Waals surface area contributed by atoms with Crippen LogP contribution in [0, 0.1) is 0 Å². The Kier molecular flexibility index (Phi) is 5.28. The highest BCUT2D eigenvalue weighted by Crippen LogP contribution is 2.30. The van der Waals surface area contributed by atoms with Crippen LogP contribution in [-0.4, -0.2) is 6.54 Å². The van der Waals surface area contributed by atoms with Gasteiger partial charge in [0, 0.05) is 20.4 Å². The third-order valence-electron chi connectivity index (χ3n) is 3.12. The van der Waals surface area contributed by atoms with Gasteiger partial charge in [-0.2, -0.15) is 0 Å². The topological polar surface area (TPSA) is 26.0 Å². The fourth-order valence-corrected chi connectivity index (χ4v) is 3.04. The number of hydrogen-bond acceptors (Lipinski definition) is 1. The molecule has 1 nitrogen and oxygen atoms in total. The van der Waals surface area contributed by atoms with E-state index in [4.69, 9.17) is 28.9 Å². The second-order valence-electron chi connectivity index (χ2n) is 4.39. The molecule has 0 heterocycles. The summed E-state index contributed by atoms with van der Waals surface area (Å²) in [5.41, 5.74) is 8.05. The maximum absolute atomic E-state index is 6.21. The van der Waals surface area contributed by atoms with Crippen LogP contribution in [0.2, 0.25) is 10.0 Å². The van der Waals surface area contributed by atoms with Gasteiger partial charge < -0.3 is 5.73 Å². The lowest BCUT2D eigenvalue weighted by atomic mass is 9.92. The molecule has 0 amide bonds. The molecular formula is C15H14BrCl2N. The second kappa shape index (κ2) is 6.76. The van der Waals surface area contributed by atoms with E-state index in [-0.39, 0.29) is 5.92 Å². The molecule has 0 saturated heterocycles. The Balaban J connectivity index is 2.29. The fourth-order valence-electron chi connectivity index (χ4n) is 2.07. The first kappa shape index (κ1) is 14.9. The number of rotatable bonds is 4. The Bertz CT molecular complexity index is 552. The Morgan fingerprint density at radius 3 is 2.26 bits per heavy atom. The van der Waals surface area contributed by atoms with Crippen LogP contribution in [0.15, 0.2) is 46.9 Å². The Morgan fingerprint density at radius 2 is 1.68 bits per heavy atom. The predicted octanol–water partition coefficient (Wildman–Crippen LogP) is 5.04. The average molecular weight is 359 g/mol. The van der Waals surface area contributed by atoms with E-state index < -0.39 is 0 Å². The first-order valence-electron chi connectivity index (χ1n) is 6.00. The van der Waals surface area contributed by atoms with Gasteiger partial charge >= 0.3 is 0 Å². The summed E-state index contributed by atoms with van der Waals surface area (Å²) in [6.07, 6.45) is 0.742. The third-order valence-corrected chi connectivity index (χ3v) is 4.32. The summed E-state index contributed by atoms with van der Waals surface area (Å²) in [4.78, 5) is 0. The zero-order valence-electron chi connectivity index (χ0n) is 10.2. The minimum absolute atomic E-state index is 0.204. The molecule has 0 fully saturated rings. The van der Waals surface area contributed by atoms with E-state index in [2.05, 4.69) is 28.1 Å². The average Bonchev–Trinajstić information content (AvgIpc) is 2.38. The molecule has 0 bridgehead atoms. The molecule has 2 aromatic carbocycles. The monoisotopic (exact) mass is 357 g/mol. The number of halogens is 3. The van der Waals surface area contributed by atoms with Crippen LogP contribution in [-0.2, 0) is 6.42 Å². The minimum atomic E-state index is 0.204. The minimum Gasteiger partial charge on any atom is -0.330 e. The van der Waals surface area contributed by atoms with Gasteiger partial charge in [-0.15, -0.1) is 0 Å². The summed E-state index contributed by atoms with van der Waals surface area (Å²) in [5.74, 6) is 0.204. The maximum Gasteiger partial charge on any atom is 0.0453 e. The van der Waals surface area contributed by atoms with Gasteiger partial charge in [0.05, 0.1) is 0 Å². The van der Waals surface area contributed by atoms with Crippen molar-refractivity contribution in [1.29, 1.82) is 0 Å². The molecule has 0 aromatic heterocycles. The van der Waals surface area contributed by atoms with Crippen LogP contribution >= 0.6 is 39.1 Å². The lowest BCUT2D eigenvalue weighted by Crippen LogP contribution is -2.15. The lowest BCUT2D eigenvalue weighted by molar-refractivity contribution is 0.694. The molecule has 4 heteroatoms. The number of nitrogens with two attached hydrogens (primary N) is 1. The molecular weight excluding hydrogens is 345 g/mol. The normalized spacial score (nSPS) is 12.4. The molecule has 0 radical (unpaired) electrons. The van der Waals surface area contributed by atoms with Crippen molar-refractivity contribution in [2.24, 2.45) is 5.73 Å². The van der Waals surface area contributed by atoms with Gasteiger partial charge in [-0.05, 0) is 48.4 Å². The zero-order valence-corrected chi connectivity index (χ0v) is 13.3. The van der Waals surface area contributed by atoms with Gasteiger partial charge in [-0.1, -0.05) is 57.3 Å².